The predicted octanol–water partition coefficient (Wildman–Crippen LogP) is 2.85. The van der Waals surface area contributed by atoms with Gasteiger partial charge in [0.25, 0.3) is 5.91 Å². The van der Waals surface area contributed by atoms with Crippen LogP contribution in [0.2, 0.25) is 0 Å². The van der Waals surface area contributed by atoms with Gasteiger partial charge in [0.2, 0.25) is 0 Å². The zero-order chi connectivity index (χ0) is 14.5. The molecule has 0 saturated carbocycles. The van der Waals surface area contributed by atoms with Gasteiger partial charge < -0.3 is 10.2 Å². The lowest BCUT2D eigenvalue weighted by molar-refractivity contribution is 0.0645. The fourth-order valence-corrected chi connectivity index (χ4v) is 2.84. The third-order valence-electron chi connectivity index (χ3n) is 4.15. The van der Waals surface area contributed by atoms with Gasteiger partial charge in [-0.25, -0.2) is 0 Å². The molecule has 1 saturated heterocycles. The highest BCUT2D eigenvalue weighted by molar-refractivity contribution is 5.94. The Bertz CT molecular complexity index is 441. The Morgan fingerprint density at radius 3 is 2.65 bits per heavy atom. The first-order valence-electron chi connectivity index (χ1n) is 7.71. The van der Waals surface area contributed by atoms with Crippen molar-refractivity contribution in [2.75, 3.05) is 19.6 Å². The van der Waals surface area contributed by atoms with Gasteiger partial charge in [-0.15, -0.1) is 0 Å². The van der Waals surface area contributed by atoms with Crippen LogP contribution in [0.25, 0.3) is 0 Å². The van der Waals surface area contributed by atoms with Crippen LogP contribution in [0.1, 0.15) is 42.6 Å². The summed E-state index contributed by atoms with van der Waals surface area (Å²) >= 11 is 0. The van der Waals surface area contributed by atoms with Crippen molar-refractivity contribution >= 4 is 5.91 Å². The Kier molecular flexibility index (Phi) is 5.18. The maximum absolute atomic E-state index is 12.5. The molecule has 1 aromatic rings. The maximum Gasteiger partial charge on any atom is 0.253 e. The number of amides is 1. The number of nitrogens with one attached hydrogen (secondary N) is 1. The van der Waals surface area contributed by atoms with Crippen LogP contribution in [0.5, 0.6) is 0 Å². The first kappa shape index (κ1) is 15.0. The van der Waals surface area contributed by atoms with Crippen LogP contribution in [-0.2, 0) is 0 Å². The highest BCUT2D eigenvalue weighted by Crippen LogP contribution is 2.19. The molecule has 0 aliphatic carbocycles. The molecule has 1 aliphatic rings. The van der Waals surface area contributed by atoms with Gasteiger partial charge in [0, 0.05) is 24.7 Å². The van der Waals surface area contributed by atoms with Gasteiger partial charge in [-0.1, -0.05) is 31.5 Å². The second-order valence-electron chi connectivity index (χ2n) is 5.94. The quantitative estimate of drug-likeness (QED) is 0.915. The first-order chi connectivity index (χ1) is 9.61. The fourth-order valence-electron chi connectivity index (χ4n) is 2.84. The van der Waals surface area contributed by atoms with Crippen molar-refractivity contribution in [3.8, 4) is 0 Å². The average molecular weight is 274 g/mol. The molecule has 110 valence electrons. The molecular formula is C17H26N2O. The topological polar surface area (TPSA) is 32.3 Å². The lowest BCUT2D eigenvalue weighted by Gasteiger charge is -2.37. The highest BCUT2D eigenvalue weighted by atomic mass is 16.2. The normalized spacial score (nSPS) is 22.9. The van der Waals surface area contributed by atoms with E-state index in [2.05, 4.69) is 19.2 Å². The number of carbonyl (C=O) groups is 1. The van der Waals surface area contributed by atoms with Crippen molar-refractivity contribution in [1.82, 2.24) is 10.2 Å². The van der Waals surface area contributed by atoms with Crippen LogP contribution in [0, 0.1) is 12.8 Å². The molecular weight excluding hydrogens is 248 g/mol. The molecule has 0 aromatic heterocycles. The van der Waals surface area contributed by atoms with Crippen molar-refractivity contribution in [1.29, 1.82) is 0 Å². The Hall–Kier alpha value is -1.35. The molecule has 0 spiro atoms. The molecule has 0 bridgehead atoms. The van der Waals surface area contributed by atoms with E-state index < -0.39 is 0 Å². The summed E-state index contributed by atoms with van der Waals surface area (Å²) in [5, 5.41) is 3.59. The Morgan fingerprint density at radius 1 is 1.35 bits per heavy atom. The summed E-state index contributed by atoms with van der Waals surface area (Å²) in [4.78, 5) is 14.5. The number of likely N-dealkylation sites (tertiary alicyclic amines) is 1. The molecule has 1 N–H and O–H groups in total. The minimum atomic E-state index is 0.172. The van der Waals surface area contributed by atoms with E-state index in [4.69, 9.17) is 0 Å². The number of carbonyl (C=O) groups excluding carboxylic acids is 1. The number of hydrogen-bond acceptors (Lipinski definition) is 2. The van der Waals surface area contributed by atoms with Crippen molar-refractivity contribution in [2.24, 2.45) is 5.92 Å². The van der Waals surface area contributed by atoms with Gasteiger partial charge in [-0.3, -0.25) is 4.79 Å². The minimum Gasteiger partial charge on any atom is -0.338 e. The summed E-state index contributed by atoms with van der Waals surface area (Å²) in [5.74, 6) is 0.690. The van der Waals surface area contributed by atoms with Gasteiger partial charge in [-0.05, 0) is 44.4 Å². The molecule has 3 nitrogen and oxygen atoms in total. The predicted molar refractivity (Wildman–Crippen MR) is 82.9 cm³/mol. The molecule has 2 rings (SSSR count). The first-order valence-corrected chi connectivity index (χ1v) is 7.71. The van der Waals surface area contributed by atoms with Crippen molar-refractivity contribution in [3.63, 3.8) is 0 Å². The number of benzene rings is 1. The molecule has 1 aromatic carbocycles. The highest BCUT2D eigenvalue weighted by Gasteiger charge is 2.28. The molecule has 1 heterocycles. The summed E-state index contributed by atoms with van der Waals surface area (Å²) in [7, 11) is 0. The second-order valence-corrected chi connectivity index (χ2v) is 5.94. The number of hydrogen-bond donors (Lipinski definition) is 1. The van der Waals surface area contributed by atoms with Gasteiger partial charge in [0.15, 0.2) is 0 Å². The fraction of sp³-hybridized carbons (Fsp3) is 0.588. The van der Waals surface area contributed by atoms with Crippen LogP contribution < -0.4 is 5.32 Å². The summed E-state index contributed by atoms with van der Waals surface area (Å²) in [5.41, 5.74) is 2.00. The lowest BCUT2D eigenvalue weighted by atomic mass is 9.93. The summed E-state index contributed by atoms with van der Waals surface area (Å²) in [6, 6.07) is 8.43. The number of piperidine rings is 1. The largest absolute Gasteiger partial charge is 0.338 e. The zero-order valence-electron chi connectivity index (χ0n) is 12.9. The zero-order valence-corrected chi connectivity index (χ0v) is 12.9. The van der Waals surface area contributed by atoms with Crippen LogP contribution >= 0.6 is 0 Å². The standard InChI is InChI=1S/C17H26N2O/c1-4-10-18-16-9-11-19(12-14(16)3)17(20)15-7-5-13(2)6-8-15/h5-8,14,16,18H,4,9-12H2,1-3H3. The SMILES string of the molecule is CCCNC1CCN(C(=O)c2ccc(C)cc2)CC1C. The van der Waals surface area contributed by atoms with E-state index in [0.717, 1.165) is 38.0 Å². The molecule has 2 unspecified atom stereocenters. The molecule has 1 fully saturated rings. The third-order valence-corrected chi connectivity index (χ3v) is 4.15. The third kappa shape index (κ3) is 3.60. The van der Waals surface area contributed by atoms with Gasteiger partial charge in [0.1, 0.15) is 0 Å². The monoisotopic (exact) mass is 274 g/mol. The summed E-state index contributed by atoms with van der Waals surface area (Å²) in [6.45, 7) is 9.25. The molecule has 3 heteroatoms. The van der Waals surface area contributed by atoms with Crippen LogP contribution in [-0.4, -0.2) is 36.5 Å². The minimum absolute atomic E-state index is 0.172. The van der Waals surface area contributed by atoms with Gasteiger partial charge in [0.05, 0.1) is 0 Å². The smallest absolute Gasteiger partial charge is 0.253 e. The van der Waals surface area contributed by atoms with Crippen molar-refractivity contribution in [2.45, 2.75) is 39.7 Å². The van der Waals surface area contributed by atoms with E-state index in [9.17, 15) is 4.79 Å². The van der Waals surface area contributed by atoms with Crippen LogP contribution in [0.3, 0.4) is 0 Å². The van der Waals surface area contributed by atoms with Crippen LogP contribution in [0.4, 0.5) is 0 Å². The molecule has 1 aliphatic heterocycles. The Labute approximate surface area is 122 Å². The lowest BCUT2D eigenvalue weighted by Crippen LogP contribution is -2.50. The van der Waals surface area contributed by atoms with E-state index in [-0.39, 0.29) is 5.91 Å². The average Bonchev–Trinajstić information content (AvgIpc) is 2.46. The number of nitrogens with zero attached hydrogens (tertiary/aromatic N) is 1. The second kappa shape index (κ2) is 6.89. The molecule has 0 radical (unpaired) electrons. The van der Waals surface area contributed by atoms with Crippen molar-refractivity contribution in [3.05, 3.63) is 35.4 Å². The summed E-state index contributed by atoms with van der Waals surface area (Å²) < 4.78 is 0. The Morgan fingerprint density at radius 2 is 2.05 bits per heavy atom. The van der Waals surface area contributed by atoms with Gasteiger partial charge >= 0.3 is 0 Å². The van der Waals surface area contributed by atoms with Gasteiger partial charge in [-0.2, -0.15) is 0 Å². The van der Waals surface area contributed by atoms with E-state index in [1.54, 1.807) is 0 Å². The van der Waals surface area contributed by atoms with Crippen molar-refractivity contribution < 1.29 is 4.79 Å². The maximum atomic E-state index is 12.5. The van der Waals surface area contributed by atoms with E-state index in [1.165, 1.54) is 5.56 Å². The van der Waals surface area contributed by atoms with Crippen LogP contribution in [0.15, 0.2) is 24.3 Å². The Balaban J connectivity index is 1.95. The summed E-state index contributed by atoms with van der Waals surface area (Å²) in [6.07, 6.45) is 2.22. The molecule has 20 heavy (non-hydrogen) atoms. The molecule has 2 atom stereocenters. The van der Waals surface area contributed by atoms with E-state index in [0.29, 0.717) is 12.0 Å². The number of rotatable bonds is 4. The number of aryl methyl sites for hydroxylation is 1. The van der Waals surface area contributed by atoms with E-state index in [1.807, 2.05) is 36.1 Å². The van der Waals surface area contributed by atoms with E-state index >= 15 is 0 Å². The molecule has 1 amide bonds.